The number of fused-ring (bicyclic) bond motifs is 2. The molecule has 1 aromatic heterocycles. The van der Waals surface area contributed by atoms with Crippen molar-refractivity contribution < 1.29 is 9.13 Å². The number of likely N-dealkylation sites (tertiary alicyclic amines) is 1. The molecule has 1 saturated heterocycles. The Bertz CT molecular complexity index is 964. The van der Waals surface area contributed by atoms with Gasteiger partial charge in [-0.2, -0.15) is 0 Å². The van der Waals surface area contributed by atoms with Crippen molar-refractivity contribution in [2.75, 3.05) is 31.5 Å². The van der Waals surface area contributed by atoms with E-state index in [0.717, 1.165) is 85.8 Å². The molecule has 29 heavy (non-hydrogen) atoms. The van der Waals surface area contributed by atoms with Gasteiger partial charge >= 0.3 is 0 Å². The molecule has 1 aliphatic carbocycles. The highest BCUT2D eigenvalue weighted by molar-refractivity contribution is 7.22. The van der Waals surface area contributed by atoms with Crippen molar-refractivity contribution in [2.24, 2.45) is 0 Å². The minimum absolute atomic E-state index is 0.0692. The molecule has 0 radical (unpaired) electrons. The third-order valence-electron chi connectivity index (χ3n) is 6.01. The lowest BCUT2D eigenvalue weighted by Gasteiger charge is -2.32. The van der Waals surface area contributed by atoms with E-state index in [1.165, 1.54) is 4.70 Å². The molecular formula is C23H26FN3OS. The highest BCUT2D eigenvalue weighted by atomic mass is 32.1. The number of piperidine rings is 1. The Kier molecular flexibility index (Phi) is 5.38. The van der Waals surface area contributed by atoms with Gasteiger partial charge in [0.15, 0.2) is 5.13 Å². The monoisotopic (exact) mass is 411 g/mol. The number of benzene rings is 2. The van der Waals surface area contributed by atoms with Gasteiger partial charge in [0.25, 0.3) is 0 Å². The fraction of sp³-hybridized carbons (Fsp3) is 0.435. The molecule has 4 nitrogen and oxygen atoms in total. The van der Waals surface area contributed by atoms with Crippen LogP contribution in [0.25, 0.3) is 10.2 Å². The summed E-state index contributed by atoms with van der Waals surface area (Å²) in [4.78, 5) is 7.11. The number of rotatable bonds is 6. The molecule has 0 amide bonds. The molecular weight excluding hydrogens is 385 g/mol. The first kappa shape index (κ1) is 18.8. The Morgan fingerprint density at radius 1 is 1.10 bits per heavy atom. The number of ether oxygens (including phenoxy) is 1. The summed E-state index contributed by atoms with van der Waals surface area (Å²) in [5.41, 5.74) is 3.04. The van der Waals surface area contributed by atoms with Crippen LogP contribution >= 0.6 is 11.3 Å². The number of thiazole rings is 1. The number of nitrogens with zero attached hydrogens (tertiary/aromatic N) is 2. The van der Waals surface area contributed by atoms with Gasteiger partial charge in [0.05, 0.1) is 10.2 Å². The minimum Gasteiger partial charge on any atom is -0.490 e. The number of nitrogens with one attached hydrogen (secondary N) is 1. The van der Waals surface area contributed by atoms with Crippen LogP contribution in [0.1, 0.15) is 30.4 Å². The van der Waals surface area contributed by atoms with Crippen molar-refractivity contribution >= 4 is 26.7 Å². The van der Waals surface area contributed by atoms with Gasteiger partial charge in [0.2, 0.25) is 0 Å². The average molecular weight is 412 g/mol. The van der Waals surface area contributed by atoms with E-state index >= 15 is 0 Å². The molecule has 1 aliphatic heterocycles. The van der Waals surface area contributed by atoms with Gasteiger partial charge in [-0.25, -0.2) is 9.37 Å². The van der Waals surface area contributed by atoms with Crippen LogP contribution in [0, 0.1) is 5.82 Å². The normalized spacial score (nSPS) is 17.6. The molecule has 1 fully saturated rings. The summed E-state index contributed by atoms with van der Waals surface area (Å²) >= 11 is 1.71. The first-order valence-corrected chi connectivity index (χ1v) is 11.4. The zero-order valence-corrected chi connectivity index (χ0v) is 17.3. The predicted molar refractivity (Wildman–Crippen MR) is 117 cm³/mol. The Hall–Kier alpha value is -2.18. The summed E-state index contributed by atoms with van der Waals surface area (Å²) in [5.74, 6) is 0.843. The highest BCUT2D eigenvalue weighted by Gasteiger charge is 2.24. The van der Waals surface area contributed by atoms with E-state index < -0.39 is 0 Å². The first-order valence-electron chi connectivity index (χ1n) is 10.5. The van der Waals surface area contributed by atoms with Crippen molar-refractivity contribution in [2.45, 2.75) is 38.2 Å². The molecule has 2 heterocycles. The largest absolute Gasteiger partial charge is 0.490 e. The maximum Gasteiger partial charge on any atom is 0.183 e. The maximum absolute atomic E-state index is 13.9. The van der Waals surface area contributed by atoms with Crippen LogP contribution in [-0.2, 0) is 12.8 Å². The predicted octanol–water partition coefficient (Wildman–Crippen LogP) is 4.88. The van der Waals surface area contributed by atoms with E-state index in [2.05, 4.69) is 33.4 Å². The molecule has 0 bridgehead atoms. The van der Waals surface area contributed by atoms with E-state index in [9.17, 15) is 4.39 Å². The van der Waals surface area contributed by atoms with Crippen LogP contribution in [0.2, 0.25) is 0 Å². The minimum atomic E-state index is -0.0692. The molecule has 0 saturated carbocycles. The van der Waals surface area contributed by atoms with E-state index in [-0.39, 0.29) is 11.9 Å². The summed E-state index contributed by atoms with van der Waals surface area (Å²) in [7, 11) is 0. The van der Waals surface area contributed by atoms with Crippen molar-refractivity contribution in [1.29, 1.82) is 0 Å². The molecule has 0 spiro atoms. The Balaban J connectivity index is 1.09. The second-order valence-electron chi connectivity index (χ2n) is 7.93. The van der Waals surface area contributed by atoms with E-state index in [1.54, 1.807) is 17.4 Å². The molecule has 0 atom stereocenters. The van der Waals surface area contributed by atoms with Crippen molar-refractivity contribution in [1.82, 2.24) is 9.88 Å². The van der Waals surface area contributed by atoms with Gasteiger partial charge in [-0.1, -0.05) is 23.5 Å². The number of para-hydroxylation sites is 1. The van der Waals surface area contributed by atoms with Crippen LogP contribution in [0.4, 0.5) is 9.52 Å². The lowest BCUT2D eigenvalue weighted by atomic mass is 10.1. The summed E-state index contributed by atoms with van der Waals surface area (Å²) in [5, 5.41) is 4.46. The van der Waals surface area contributed by atoms with Crippen LogP contribution < -0.4 is 10.1 Å². The van der Waals surface area contributed by atoms with Crippen molar-refractivity contribution in [3.05, 3.63) is 53.3 Å². The smallest absolute Gasteiger partial charge is 0.183 e. The van der Waals surface area contributed by atoms with Gasteiger partial charge in [0.1, 0.15) is 17.7 Å². The molecule has 2 aliphatic rings. The summed E-state index contributed by atoms with van der Waals surface area (Å²) in [6.45, 7) is 3.98. The van der Waals surface area contributed by atoms with E-state index in [4.69, 9.17) is 4.74 Å². The van der Waals surface area contributed by atoms with Crippen molar-refractivity contribution in [3.63, 3.8) is 0 Å². The average Bonchev–Trinajstić information content (AvgIpc) is 3.39. The van der Waals surface area contributed by atoms with Gasteiger partial charge in [-0.05, 0) is 61.9 Å². The number of anilines is 1. The highest BCUT2D eigenvalue weighted by Crippen LogP contribution is 2.34. The summed E-state index contributed by atoms with van der Waals surface area (Å²) < 4.78 is 21.4. The third kappa shape index (κ3) is 4.09. The quantitative estimate of drug-likeness (QED) is 0.627. The molecule has 3 aromatic rings. The number of halogens is 1. The third-order valence-corrected chi connectivity index (χ3v) is 7.01. The number of hydrogen-bond donors (Lipinski definition) is 1. The standard InChI is InChI=1S/C23H26FN3OS/c24-19-8-9-21(18-5-3-4-17(18)19)28-16-10-13-27(14-11-16)15-12-25-23-26-20-6-1-2-7-22(20)29-23/h1-2,6-9,16H,3-5,10-15H2,(H,25,26). The van der Waals surface area contributed by atoms with Crippen molar-refractivity contribution in [3.8, 4) is 5.75 Å². The van der Waals surface area contributed by atoms with E-state index in [0.29, 0.717) is 0 Å². The molecule has 5 rings (SSSR count). The van der Waals surface area contributed by atoms with Gasteiger partial charge in [-0.15, -0.1) is 0 Å². The molecule has 6 heteroatoms. The Labute approximate surface area is 174 Å². The van der Waals surface area contributed by atoms with Crippen LogP contribution in [0.15, 0.2) is 36.4 Å². The SMILES string of the molecule is Fc1ccc(OC2CCN(CCNc3nc4ccccc4s3)CC2)c2c1CCC2. The maximum atomic E-state index is 13.9. The second kappa shape index (κ2) is 8.28. The molecule has 1 N–H and O–H groups in total. The summed E-state index contributed by atoms with van der Waals surface area (Å²) in [6, 6.07) is 11.6. The molecule has 0 unspecified atom stereocenters. The van der Waals surface area contributed by atoms with Gasteiger partial charge in [0, 0.05) is 31.7 Å². The zero-order chi connectivity index (χ0) is 19.6. The van der Waals surface area contributed by atoms with Gasteiger partial charge < -0.3 is 15.0 Å². The van der Waals surface area contributed by atoms with Crippen LogP contribution in [-0.4, -0.2) is 42.2 Å². The Morgan fingerprint density at radius 2 is 1.93 bits per heavy atom. The molecule has 152 valence electrons. The van der Waals surface area contributed by atoms with Crippen LogP contribution in [0.5, 0.6) is 5.75 Å². The van der Waals surface area contributed by atoms with Crippen LogP contribution in [0.3, 0.4) is 0 Å². The lowest BCUT2D eigenvalue weighted by molar-refractivity contribution is 0.102. The van der Waals surface area contributed by atoms with Gasteiger partial charge in [-0.3, -0.25) is 0 Å². The topological polar surface area (TPSA) is 37.4 Å². The first-order chi connectivity index (χ1) is 14.3. The molecule has 2 aromatic carbocycles. The Morgan fingerprint density at radius 3 is 2.79 bits per heavy atom. The zero-order valence-electron chi connectivity index (χ0n) is 16.5. The second-order valence-corrected chi connectivity index (χ2v) is 8.96. The lowest BCUT2D eigenvalue weighted by Crippen LogP contribution is -2.40. The number of aromatic nitrogens is 1. The number of hydrogen-bond acceptors (Lipinski definition) is 5. The summed E-state index contributed by atoms with van der Waals surface area (Å²) in [6.07, 6.45) is 5.10. The van der Waals surface area contributed by atoms with E-state index in [1.807, 2.05) is 12.1 Å². The fourth-order valence-electron chi connectivity index (χ4n) is 4.44. The fourth-order valence-corrected chi connectivity index (χ4v) is 5.33.